The Morgan fingerprint density at radius 1 is 0.861 bits per heavy atom. The molecule has 0 saturated heterocycles. The molecule has 0 unspecified atom stereocenters. The van der Waals surface area contributed by atoms with Crippen LogP contribution in [0.4, 0.5) is 0 Å². The summed E-state index contributed by atoms with van der Waals surface area (Å²) >= 11 is 0. The van der Waals surface area contributed by atoms with E-state index in [-0.39, 0.29) is 6.61 Å². The molecule has 0 fully saturated rings. The predicted molar refractivity (Wildman–Crippen MR) is 139 cm³/mol. The predicted octanol–water partition coefficient (Wildman–Crippen LogP) is 5.30. The molecule has 0 spiro atoms. The van der Waals surface area contributed by atoms with E-state index < -0.39 is 11.9 Å². The molecule has 0 aliphatic carbocycles. The smallest absolute Gasteiger partial charge is 0.343 e. The lowest BCUT2D eigenvalue weighted by atomic mass is 10.0. The number of carbonyl (C=O) groups is 2. The Morgan fingerprint density at radius 3 is 2.31 bits per heavy atom. The van der Waals surface area contributed by atoms with Crippen LogP contribution in [0.15, 0.2) is 90.0 Å². The molecule has 0 aliphatic rings. The summed E-state index contributed by atoms with van der Waals surface area (Å²) in [5.74, 6) is 0.659. The number of hydrogen-bond donors (Lipinski definition) is 1. The molecule has 182 valence electrons. The van der Waals surface area contributed by atoms with Crippen molar-refractivity contribution in [3.05, 3.63) is 102 Å². The van der Waals surface area contributed by atoms with Crippen LogP contribution in [0.3, 0.4) is 0 Å². The molecule has 0 radical (unpaired) electrons. The summed E-state index contributed by atoms with van der Waals surface area (Å²) < 4.78 is 16.6. The number of ether oxygens (including phenoxy) is 3. The minimum Gasteiger partial charge on any atom is -0.494 e. The number of nitrogens with zero attached hydrogens (tertiary/aromatic N) is 1. The first kappa shape index (κ1) is 24.5. The molecule has 36 heavy (non-hydrogen) atoms. The van der Waals surface area contributed by atoms with Crippen LogP contribution in [0.5, 0.6) is 17.2 Å². The Labute approximate surface area is 209 Å². The normalized spacial score (nSPS) is 10.8. The van der Waals surface area contributed by atoms with E-state index in [1.54, 1.807) is 42.5 Å². The molecule has 1 N–H and O–H groups in total. The van der Waals surface area contributed by atoms with Crippen LogP contribution < -0.4 is 19.6 Å². The van der Waals surface area contributed by atoms with Gasteiger partial charge in [-0.15, -0.1) is 0 Å². The first-order valence-electron chi connectivity index (χ1n) is 11.5. The molecule has 0 aromatic heterocycles. The van der Waals surface area contributed by atoms with Crippen LogP contribution in [0.1, 0.15) is 28.4 Å². The highest BCUT2D eigenvalue weighted by Gasteiger charge is 2.14. The summed E-state index contributed by atoms with van der Waals surface area (Å²) in [6.07, 6.45) is 1.47. The summed E-state index contributed by atoms with van der Waals surface area (Å²) in [7, 11) is 0. The quantitative estimate of drug-likeness (QED) is 0.152. The molecule has 4 aromatic carbocycles. The highest BCUT2D eigenvalue weighted by Crippen LogP contribution is 2.27. The van der Waals surface area contributed by atoms with Crippen LogP contribution in [0, 0.1) is 6.92 Å². The fraction of sp³-hybridized carbons (Fsp3) is 0.138. The summed E-state index contributed by atoms with van der Waals surface area (Å²) in [5.41, 5.74) is 4.51. The van der Waals surface area contributed by atoms with Crippen LogP contribution in [-0.2, 0) is 4.79 Å². The van der Waals surface area contributed by atoms with Crippen molar-refractivity contribution in [2.75, 3.05) is 13.2 Å². The van der Waals surface area contributed by atoms with Crippen LogP contribution in [-0.4, -0.2) is 31.3 Å². The maximum Gasteiger partial charge on any atom is 0.343 e. The van der Waals surface area contributed by atoms with Gasteiger partial charge in [-0.25, -0.2) is 10.2 Å². The third kappa shape index (κ3) is 6.27. The maximum absolute atomic E-state index is 12.8. The van der Waals surface area contributed by atoms with Crippen molar-refractivity contribution in [2.24, 2.45) is 5.10 Å². The van der Waals surface area contributed by atoms with Gasteiger partial charge in [-0.05, 0) is 67.1 Å². The topological polar surface area (TPSA) is 86.2 Å². The molecule has 0 saturated carbocycles. The van der Waals surface area contributed by atoms with Crippen LogP contribution >= 0.6 is 0 Å². The van der Waals surface area contributed by atoms with Gasteiger partial charge < -0.3 is 14.2 Å². The zero-order chi connectivity index (χ0) is 25.3. The minimum atomic E-state index is -0.515. The molecule has 0 bridgehead atoms. The molecule has 0 atom stereocenters. The minimum absolute atomic E-state index is 0.185. The van der Waals surface area contributed by atoms with Gasteiger partial charge in [0, 0.05) is 5.56 Å². The molecule has 0 aliphatic heterocycles. The van der Waals surface area contributed by atoms with Crippen LogP contribution in [0.25, 0.3) is 10.8 Å². The second kappa shape index (κ2) is 11.7. The van der Waals surface area contributed by atoms with Gasteiger partial charge in [0.1, 0.15) is 17.2 Å². The lowest BCUT2D eigenvalue weighted by Gasteiger charge is -2.11. The number of aryl methyl sites for hydroxylation is 1. The number of benzene rings is 4. The first-order valence-corrected chi connectivity index (χ1v) is 11.5. The highest BCUT2D eigenvalue weighted by atomic mass is 16.5. The molecule has 4 rings (SSSR count). The molecular weight excluding hydrogens is 456 g/mol. The number of rotatable bonds is 9. The number of hydrazone groups is 1. The monoisotopic (exact) mass is 482 g/mol. The summed E-state index contributed by atoms with van der Waals surface area (Å²) in [4.78, 5) is 25.0. The van der Waals surface area contributed by atoms with Crippen molar-refractivity contribution >= 4 is 28.9 Å². The van der Waals surface area contributed by atoms with Gasteiger partial charge in [0.05, 0.1) is 18.4 Å². The maximum atomic E-state index is 12.8. The zero-order valence-corrected chi connectivity index (χ0v) is 20.1. The van der Waals surface area contributed by atoms with E-state index in [2.05, 4.69) is 10.5 Å². The Bertz CT molecular complexity index is 1380. The Morgan fingerprint density at radius 2 is 1.56 bits per heavy atom. The molecule has 0 heterocycles. The average Bonchev–Trinajstić information content (AvgIpc) is 2.90. The van der Waals surface area contributed by atoms with E-state index in [1.807, 2.05) is 56.3 Å². The van der Waals surface area contributed by atoms with Crippen molar-refractivity contribution < 1.29 is 23.8 Å². The fourth-order valence-electron chi connectivity index (χ4n) is 3.49. The van der Waals surface area contributed by atoms with Gasteiger partial charge in [0.25, 0.3) is 5.91 Å². The van der Waals surface area contributed by atoms with Gasteiger partial charge in [0.15, 0.2) is 6.61 Å². The number of esters is 1. The average molecular weight is 483 g/mol. The van der Waals surface area contributed by atoms with Gasteiger partial charge in [-0.3, -0.25) is 4.79 Å². The van der Waals surface area contributed by atoms with E-state index in [4.69, 9.17) is 14.2 Å². The van der Waals surface area contributed by atoms with Gasteiger partial charge >= 0.3 is 5.97 Å². The van der Waals surface area contributed by atoms with Crippen molar-refractivity contribution in [1.29, 1.82) is 0 Å². The van der Waals surface area contributed by atoms with E-state index in [1.165, 1.54) is 6.21 Å². The van der Waals surface area contributed by atoms with Gasteiger partial charge in [-0.1, -0.05) is 48.0 Å². The SMILES string of the molecule is CCOc1ccc(C(=O)Oc2ccc3ccccc3c2/C=N\NC(=O)COc2ccc(C)cc2)cc1. The third-order valence-corrected chi connectivity index (χ3v) is 5.31. The van der Waals surface area contributed by atoms with Crippen molar-refractivity contribution in [3.8, 4) is 17.2 Å². The Balaban J connectivity index is 1.48. The lowest BCUT2D eigenvalue weighted by molar-refractivity contribution is -0.123. The fourth-order valence-corrected chi connectivity index (χ4v) is 3.49. The number of amides is 1. The second-order valence-electron chi connectivity index (χ2n) is 7.94. The summed E-state index contributed by atoms with van der Waals surface area (Å²) in [6, 6.07) is 25.3. The Hall–Kier alpha value is -4.65. The van der Waals surface area contributed by atoms with Crippen molar-refractivity contribution in [1.82, 2.24) is 5.43 Å². The molecule has 7 nitrogen and oxygen atoms in total. The second-order valence-corrected chi connectivity index (χ2v) is 7.94. The van der Waals surface area contributed by atoms with Crippen molar-refractivity contribution in [3.63, 3.8) is 0 Å². The lowest BCUT2D eigenvalue weighted by Crippen LogP contribution is -2.24. The number of hydrogen-bond acceptors (Lipinski definition) is 6. The van der Waals surface area contributed by atoms with E-state index in [0.29, 0.717) is 35.0 Å². The van der Waals surface area contributed by atoms with Crippen molar-refractivity contribution in [2.45, 2.75) is 13.8 Å². The number of carbonyl (C=O) groups excluding carboxylic acids is 2. The molecule has 1 amide bonds. The molecule has 7 heteroatoms. The standard InChI is InChI=1S/C29H26N2O5/c1-3-34-23-15-10-22(11-16-23)29(33)36-27-17-12-21-6-4-5-7-25(21)26(27)18-30-31-28(32)19-35-24-13-8-20(2)9-14-24/h4-18H,3,19H2,1-2H3,(H,31,32)/b30-18-. The van der Waals surface area contributed by atoms with Gasteiger partial charge in [-0.2, -0.15) is 5.10 Å². The Kier molecular flexibility index (Phi) is 7.93. The summed E-state index contributed by atoms with van der Waals surface area (Å²) in [5, 5.41) is 5.84. The van der Waals surface area contributed by atoms with Crippen LogP contribution in [0.2, 0.25) is 0 Å². The molecule has 4 aromatic rings. The third-order valence-electron chi connectivity index (χ3n) is 5.31. The molecular formula is C29H26N2O5. The van der Waals surface area contributed by atoms with E-state index >= 15 is 0 Å². The largest absolute Gasteiger partial charge is 0.494 e. The number of nitrogens with one attached hydrogen (secondary N) is 1. The zero-order valence-electron chi connectivity index (χ0n) is 20.1. The highest BCUT2D eigenvalue weighted by molar-refractivity contribution is 6.04. The van der Waals surface area contributed by atoms with E-state index in [9.17, 15) is 9.59 Å². The number of fused-ring (bicyclic) bond motifs is 1. The van der Waals surface area contributed by atoms with E-state index in [0.717, 1.165) is 16.3 Å². The first-order chi connectivity index (χ1) is 17.5. The summed E-state index contributed by atoms with van der Waals surface area (Å²) in [6.45, 7) is 4.22. The van der Waals surface area contributed by atoms with Gasteiger partial charge in [0.2, 0.25) is 0 Å².